The summed E-state index contributed by atoms with van der Waals surface area (Å²) in [6.45, 7) is 0.630. The van der Waals surface area contributed by atoms with Crippen LogP contribution in [0.15, 0.2) is 24.3 Å². The van der Waals surface area contributed by atoms with Crippen LogP contribution in [0.5, 0.6) is 5.75 Å². The number of alkyl halides is 2. The van der Waals surface area contributed by atoms with Gasteiger partial charge < -0.3 is 15.0 Å². The average Bonchev–Trinajstić information content (AvgIpc) is 2.98. The topological polar surface area (TPSA) is 41.6 Å². The fraction of sp³-hybridized carbons (Fsp3) is 0.500. The van der Waals surface area contributed by atoms with E-state index in [1.54, 1.807) is 0 Å². The minimum Gasteiger partial charge on any atom is -0.435 e. The summed E-state index contributed by atoms with van der Waals surface area (Å²) in [5.41, 5.74) is 0.513. The summed E-state index contributed by atoms with van der Waals surface area (Å²) < 4.78 is 28.4. The minimum atomic E-state index is -2.85. The fourth-order valence-electron chi connectivity index (χ4n) is 2.98. The molecule has 108 valence electrons. The van der Waals surface area contributed by atoms with E-state index in [2.05, 4.69) is 10.1 Å². The van der Waals surface area contributed by atoms with Crippen LogP contribution in [-0.4, -0.2) is 43.6 Å². The molecular formula is C14H16F2N2O2. The number of hydrogen-bond donors (Lipinski definition) is 1. The summed E-state index contributed by atoms with van der Waals surface area (Å²) in [6, 6.07) is 5.87. The number of halogens is 2. The van der Waals surface area contributed by atoms with Gasteiger partial charge in [0, 0.05) is 31.7 Å². The lowest BCUT2D eigenvalue weighted by atomic mass is 10.0. The van der Waals surface area contributed by atoms with E-state index in [1.165, 1.54) is 24.3 Å². The van der Waals surface area contributed by atoms with Gasteiger partial charge in [0.2, 0.25) is 0 Å². The molecule has 2 heterocycles. The van der Waals surface area contributed by atoms with Gasteiger partial charge in [0.1, 0.15) is 5.75 Å². The van der Waals surface area contributed by atoms with E-state index in [4.69, 9.17) is 0 Å². The molecule has 1 N–H and O–H groups in total. The molecule has 2 aliphatic rings. The Balaban J connectivity index is 1.65. The molecular weight excluding hydrogens is 266 g/mol. The van der Waals surface area contributed by atoms with Gasteiger partial charge in [0.15, 0.2) is 0 Å². The number of fused-ring (bicyclic) bond motifs is 1. The molecule has 2 saturated heterocycles. The first-order valence-electron chi connectivity index (χ1n) is 6.68. The van der Waals surface area contributed by atoms with Crippen molar-refractivity contribution in [1.29, 1.82) is 0 Å². The Morgan fingerprint density at radius 2 is 1.80 bits per heavy atom. The summed E-state index contributed by atoms with van der Waals surface area (Å²) in [5, 5.41) is 3.32. The van der Waals surface area contributed by atoms with Gasteiger partial charge in [-0.15, -0.1) is 0 Å². The summed E-state index contributed by atoms with van der Waals surface area (Å²) >= 11 is 0. The average molecular weight is 282 g/mol. The number of rotatable bonds is 3. The molecule has 0 bridgehead atoms. The number of ether oxygens (including phenoxy) is 1. The van der Waals surface area contributed by atoms with E-state index in [1.807, 2.05) is 4.90 Å². The van der Waals surface area contributed by atoms with Gasteiger partial charge in [0.05, 0.1) is 0 Å². The molecule has 0 aromatic heterocycles. The lowest BCUT2D eigenvalue weighted by Crippen LogP contribution is -2.31. The van der Waals surface area contributed by atoms with Crippen LogP contribution in [0.3, 0.4) is 0 Å². The summed E-state index contributed by atoms with van der Waals surface area (Å²) in [7, 11) is 0. The third-order valence-electron chi connectivity index (χ3n) is 4.00. The Labute approximate surface area is 115 Å². The number of amides is 1. The van der Waals surface area contributed by atoms with Crippen molar-refractivity contribution in [2.45, 2.75) is 6.61 Å². The Bertz CT molecular complexity index is 480. The first-order valence-corrected chi connectivity index (χ1v) is 6.68. The van der Waals surface area contributed by atoms with Crippen LogP contribution in [0.1, 0.15) is 10.4 Å². The van der Waals surface area contributed by atoms with Crippen molar-refractivity contribution < 1.29 is 18.3 Å². The highest BCUT2D eigenvalue weighted by Gasteiger charge is 2.38. The highest BCUT2D eigenvalue weighted by Crippen LogP contribution is 2.27. The van der Waals surface area contributed by atoms with Gasteiger partial charge >= 0.3 is 6.61 Å². The lowest BCUT2D eigenvalue weighted by Gasteiger charge is -2.17. The Morgan fingerprint density at radius 3 is 2.35 bits per heavy atom. The van der Waals surface area contributed by atoms with Crippen LogP contribution in [0, 0.1) is 11.8 Å². The van der Waals surface area contributed by atoms with Crippen LogP contribution < -0.4 is 10.1 Å². The van der Waals surface area contributed by atoms with Crippen molar-refractivity contribution in [3.63, 3.8) is 0 Å². The minimum absolute atomic E-state index is 0.0389. The molecule has 1 amide bonds. The monoisotopic (exact) mass is 282 g/mol. The zero-order valence-corrected chi connectivity index (χ0v) is 10.9. The molecule has 4 nitrogen and oxygen atoms in total. The maximum absolute atomic E-state index is 12.3. The van der Waals surface area contributed by atoms with Crippen molar-refractivity contribution >= 4 is 5.91 Å². The molecule has 0 radical (unpaired) electrons. The van der Waals surface area contributed by atoms with Gasteiger partial charge in [-0.1, -0.05) is 0 Å². The maximum Gasteiger partial charge on any atom is 0.387 e. The van der Waals surface area contributed by atoms with E-state index in [0.717, 1.165) is 26.2 Å². The van der Waals surface area contributed by atoms with Crippen molar-refractivity contribution in [3.05, 3.63) is 29.8 Å². The SMILES string of the molecule is O=C(c1ccc(OC(F)F)cc1)N1C[C@H]2CNC[C@H]2C1. The standard InChI is InChI=1S/C14H16F2N2O2/c15-14(16)20-12-3-1-9(2-4-12)13(19)18-7-10-5-17-6-11(10)8-18/h1-4,10-11,14,17H,5-8H2/t10-,11+. The van der Waals surface area contributed by atoms with E-state index in [0.29, 0.717) is 17.4 Å². The predicted octanol–water partition coefficient (Wildman–Crippen LogP) is 1.58. The number of nitrogens with one attached hydrogen (secondary N) is 1. The molecule has 0 aliphatic carbocycles. The summed E-state index contributed by atoms with van der Waals surface area (Å²) in [4.78, 5) is 14.2. The summed E-state index contributed by atoms with van der Waals surface area (Å²) in [6.07, 6.45) is 0. The van der Waals surface area contributed by atoms with Gasteiger partial charge in [0.25, 0.3) is 5.91 Å². The largest absolute Gasteiger partial charge is 0.435 e. The van der Waals surface area contributed by atoms with Crippen molar-refractivity contribution in [3.8, 4) is 5.75 Å². The number of benzene rings is 1. The van der Waals surface area contributed by atoms with Crippen LogP contribution >= 0.6 is 0 Å². The zero-order chi connectivity index (χ0) is 14.1. The highest BCUT2D eigenvalue weighted by molar-refractivity contribution is 5.94. The molecule has 0 saturated carbocycles. The molecule has 0 spiro atoms. The van der Waals surface area contributed by atoms with E-state index in [9.17, 15) is 13.6 Å². The normalized spacial score (nSPS) is 25.1. The van der Waals surface area contributed by atoms with Crippen LogP contribution in [0.25, 0.3) is 0 Å². The molecule has 2 atom stereocenters. The van der Waals surface area contributed by atoms with Crippen LogP contribution in [0.2, 0.25) is 0 Å². The maximum atomic E-state index is 12.3. The van der Waals surface area contributed by atoms with Crippen molar-refractivity contribution in [2.75, 3.05) is 26.2 Å². The number of likely N-dealkylation sites (tertiary alicyclic amines) is 1. The quantitative estimate of drug-likeness (QED) is 0.915. The number of hydrogen-bond acceptors (Lipinski definition) is 3. The molecule has 6 heteroatoms. The first kappa shape index (κ1) is 13.3. The second-order valence-electron chi connectivity index (χ2n) is 5.29. The molecule has 2 fully saturated rings. The lowest BCUT2D eigenvalue weighted by molar-refractivity contribution is -0.0498. The molecule has 0 unspecified atom stereocenters. The van der Waals surface area contributed by atoms with E-state index < -0.39 is 6.61 Å². The molecule has 1 aromatic carbocycles. The van der Waals surface area contributed by atoms with Gasteiger partial charge in [-0.2, -0.15) is 8.78 Å². The zero-order valence-electron chi connectivity index (χ0n) is 10.9. The summed E-state index contributed by atoms with van der Waals surface area (Å²) in [5.74, 6) is 1.11. The van der Waals surface area contributed by atoms with Crippen molar-refractivity contribution in [2.24, 2.45) is 11.8 Å². The third-order valence-corrected chi connectivity index (χ3v) is 4.00. The van der Waals surface area contributed by atoms with Crippen LogP contribution in [0.4, 0.5) is 8.78 Å². The third kappa shape index (κ3) is 2.60. The second-order valence-corrected chi connectivity index (χ2v) is 5.29. The first-order chi connectivity index (χ1) is 9.63. The predicted molar refractivity (Wildman–Crippen MR) is 68.8 cm³/mol. The second kappa shape index (κ2) is 5.36. The fourth-order valence-corrected chi connectivity index (χ4v) is 2.98. The Kier molecular flexibility index (Phi) is 3.56. The number of carbonyl (C=O) groups is 1. The molecule has 20 heavy (non-hydrogen) atoms. The van der Waals surface area contributed by atoms with Gasteiger partial charge in [-0.05, 0) is 36.1 Å². The van der Waals surface area contributed by atoms with Gasteiger partial charge in [-0.3, -0.25) is 4.79 Å². The Morgan fingerprint density at radius 1 is 1.20 bits per heavy atom. The van der Waals surface area contributed by atoms with Gasteiger partial charge in [-0.25, -0.2) is 0 Å². The smallest absolute Gasteiger partial charge is 0.387 e. The molecule has 2 aliphatic heterocycles. The molecule has 1 aromatic rings. The molecule has 3 rings (SSSR count). The van der Waals surface area contributed by atoms with Crippen LogP contribution in [-0.2, 0) is 0 Å². The highest BCUT2D eigenvalue weighted by atomic mass is 19.3. The van der Waals surface area contributed by atoms with E-state index >= 15 is 0 Å². The number of carbonyl (C=O) groups excluding carboxylic acids is 1. The Hall–Kier alpha value is -1.69. The van der Waals surface area contributed by atoms with E-state index in [-0.39, 0.29) is 11.7 Å². The number of nitrogens with zero attached hydrogens (tertiary/aromatic N) is 1. The van der Waals surface area contributed by atoms with Crippen molar-refractivity contribution in [1.82, 2.24) is 10.2 Å².